The van der Waals surface area contributed by atoms with Gasteiger partial charge in [0.15, 0.2) is 23.8 Å². The Morgan fingerprint density at radius 1 is 0.978 bits per heavy atom. The average molecular weight is 635 g/mol. The first-order chi connectivity index (χ1) is 22.5. The van der Waals surface area contributed by atoms with Crippen LogP contribution in [0.15, 0.2) is 102 Å². The number of benzene rings is 4. The van der Waals surface area contributed by atoms with Gasteiger partial charge in [-0.2, -0.15) is 4.57 Å². The number of nitrogens with one attached hydrogen (secondary N) is 1. The van der Waals surface area contributed by atoms with Crippen LogP contribution in [-0.2, 0) is 29.6 Å². The first kappa shape index (κ1) is 27.9. The number of fused-ring (bicyclic) bond motifs is 6. The Balaban J connectivity index is 1.06. The first-order valence-electron chi connectivity index (χ1n) is 14.7. The van der Waals surface area contributed by atoms with E-state index < -0.39 is 10.0 Å². The van der Waals surface area contributed by atoms with Crippen molar-refractivity contribution in [2.75, 3.05) is 18.6 Å². The zero-order valence-electron chi connectivity index (χ0n) is 24.7. The quantitative estimate of drug-likeness (QED) is 0.231. The lowest BCUT2D eigenvalue weighted by molar-refractivity contribution is -0.687. The van der Waals surface area contributed by atoms with Gasteiger partial charge in [0.05, 0.1) is 35.5 Å². The van der Waals surface area contributed by atoms with Crippen LogP contribution < -0.4 is 28.2 Å². The number of ether oxygens (including phenoxy) is 4. The van der Waals surface area contributed by atoms with Crippen molar-refractivity contribution in [2.24, 2.45) is 0 Å². The van der Waals surface area contributed by atoms with Gasteiger partial charge in [-0.05, 0) is 59.5 Å². The Labute approximate surface area is 264 Å². The number of methoxy groups -OCH3 is 1. The van der Waals surface area contributed by atoms with Crippen molar-refractivity contribution >= 4 is 26.5 Å². The second-order valence-electron chi connectivity index (χ2n) is 10.9. The minimum Gasteiger partial charge on any atom is -0.493 e. The predicted octanol–water partition coefficient (Wildman–Crippen LogP) is 5.05. The number of nitrogens with zero attached hydrogens (tertiary/aromatic N) is 4. The molecule has 0 bridgehead atoms. The molecule has 2 aliphatic rings. The van der Waals surface area contributed by atoms with Crippen molar-refractivity contribution in [3.63, 3.8) is 0 Å². The molecule has 2 aromatic heterocycles. The van der Waals surface area contributed by atoms with Crippen LogP contribution >= 0.6 is 0 Å². The molecule has 0 aliphatic carbocycles. The number of sulfonamides is 1. The highest BCUT2D eigenvalue weighted by Gasteiger charge is 2.31. The highest BCUT2D eigenvalue weighted by Crippen LogP contribution is 2.43. The maximum Gasteiger partial charge on any atom is 0.261 e. The van der Waals surface area contributed by atoms with Gasteiger partial charge in [-0.1, -0.05) is 35.5 Å². The summed E-state index contributed by atoms with van der Waals surface area (Å²) < 4.78 is 55.5. The maximum atomic E-state index is 12.8. The van der Waals surface area contributed by atoms with Crippen molar-refractivity contribution in [1.29, 1.82) is 0 Å². The molecule has 0 amide bonds. The summed E-state index contributed by atoms with van der Waals surface area (Å²) in [5.74, 6) is 2.76. The van der Waals surface area contributed by atoms with E-state index in [2.05, 4.69) is 31.7 Å². The normalized spacial score (nSPS) is 13.2. The number of para-hydroxylation sites is 1. The third-order valence-electron chi connectivity index (χ3n) is 8.17. The topological polar surface area (TPSA) is 118 Å². The Morgan fingerprint density at radius 3 is 2.61 bits per heavy atom. The summed E-state index contributed by atoms with van der Waals surface area (Å²) in [6.45, 7) is 1.16. The molecule has 0 unspecified atom stereocenters. The van der Waals surface area contributed by atoms with Gasteiger partial charge in [0, 0.05) is 17.5 Å². The van der Waals surface area contributed by atoms with E-state index in [0.717, 1.165) is 46.5 Å². The minimum absolute atomic E-state index is 0.140. The van der Waals surface area contributed by atoms with Crippen LogP contribution in [0.25, 0.3) is 27.7 Å². The number of rotatable bonds is 8. The summed E-state index contributed by atoms with van der Waals surface area (Å²) in [5, 5.41) is 10.6. The molecule has 2 aliphatic heterocycles. The summed E-state index contributed by atoms with van der Waals surface area (Å²) in [5.41, 5.74) is 5.08. The smallest absolute Gasteiger partial charge is 0.261 e. The summed E-state index contributed by atoms with van der Waals surface area (Å²) in [6.07, 6.45) is 4.57. The van der Waals surface area contributed by atoms with Crippen LogP contribution in [0.5, 0.6) is 23.0 Å². The highest BCUT2D eigenvalue weighted by molar-refractivity contribution is 7.92. The molecule has 4 aromatic carbocycles. The van der Waals surface area contributed by atoms with Crippen molar-refractivity contribution in [1.82, 2.24) is 15.0 Å². The Hall–Kier alpha value is -5.62. The standard InChI is InChI=1S/C34H28N5O6S/c1-42-30-14-8-22-7-13-27-28(15-16-38-19-32-31(17-29(27)38)44-21-45-32)33(22)34(30)43-20-24-18-39(37-35-24)25-9-11-26(12-10-25)46(40,41)36-23-5-3-2-4-6-23/h2-14,17-19,36H,15-16,20-21H2,1H3/q+1. The van der Waals surface area contributed by atoms with Gasteiger partial charge in [-0.15, -0.1) is 5.10 Å². The van der Waals surface area contributed by atoms with Crippen LogP contribution in [0.2, 0.25) is 0 Å². The molecule has 6 aromatic rings. The molecule has 0 atom stereocenters. The Morgan fingerprint density at radius 2 is 1.78 bits per heavy atom. The first-order valence-corrected chi connectivity index (χ1v) is 16.1. The summed E-state index contributed by atoms with van der Waals surface area (Å²) in [4.78, 5) is 0.140. The van der Waals surface area contributed by atoms with E-state index in [1.807, 2.05) is 30.5 Å². The fourth-order valence-corrected chi connectivity index (χ4v) is 7.02. The van der Waals surface area contributed by atoms with E-state index in [0.29, 0.717) is 28.6 Å². The summed E-state index contributed by atoms with van der Waals surface area (Å²) >= 11 is 0. The van der Waals surface area contributed by atoms with E-state index in [1.54, 1.807) is 54.4 Å². The van der Waals surface area contributed by atoms with Gasteiger partial charge in [-0.25, -0.2) is 13.1 Å². The summed E-state index contributed by atoms with van der Waals surface area (Å²) in [7, 11) is -2.11. The second kappa shape index (κ2) is 11.1. The zero-order chi connectivity index (χ0) is 31.3. The lowest BCUT2D eigenvalue weighted by atomic mass is 9.91. The molecule has 4 heterocycles. The number of aryl methyl sites for hydroxylation is 2. The molecular formula is C34H28N5O6S+. The Kier molecular flexibility index (Phi) is 6.71. The Bertz CT molecular complexity index is 2220. The molecular weight excluding hydrogens is 606 g/mol. The molecule has 0 saturated carbocycles. The van der Waals surface area contributed by atoms with Crippen LogP contribution in [0.4, 0.5) is 5.69 Å². The fraction of sp³-hybridized carbons (Fsp3) is 0.147. The number of pyridine rings is 1. The fourth-order valence-electron chi connectivity index (χ4n) is 5.96. The van der Waals surface area contributed by atoms with Gasteiger partial charge in [0.25, 0.3) is 10.0 Å². The SMILES string of the molecule is COc1ccc2ccc3c(c2c1OCc1cn(-c2ccc(S(=O)(=O)Nc4ccccc4)cc2)nn1)CC[n+]1cc2c(cc1-3)OCO2. The van der Waals surface area contributed by atoms with Crippen molar-refractivity contribution in [3.8, 4) is 39.9 Å². The summed E-state index contributed by atoms with van der Waals surface area (Å²) in [6, 6.07) is 25.4. The van der Waals surface area contributed by atoms with Crippen LogP contribution in [0.3, 0.4) is 0 Å². The molecule has 12 heteroatoms. The van der Waals surface area contributed by atoms with Gasteiger partial charge >= 0.3 is 0 Å². The molecule has 230 valence electrons. The third-order valence-corrected chi connectivity index (χ3v) is 9.57. The average Bonchev–Trinajstić information content (AvgIpc) is 3.76. The van der Waals surface area contributed by atoms with Crippen LogP contribution in [0.1, 0.15) is 11.3 Å². The molecule has 11 nitrogen and oxygen atoms in total. The van der Waals surface area contributed by atoms with Crippen molar-refractivity contribution < 1.29 is 31.9 Å². The van der Waals surface area contributed by atoms with E-state index in [1.165, 1.54) is 17.7 Å². The molecule has 0 fully saturated rings. The lowest BCUT2D eigenvalue weighted by Crippen LogP contribution is -2.40. The van der Waals surface area contributed by atoms with Gasteiger partial charge < -0.3 is 18.9 Å². The molecule has 0 saturated heterocycles. The van der Waals surface area contributed by atoms with E-state index >= 15 is 0 Å². The molecule has 46 heavy (non-hydrogen) atoms. The second-order valence-corrected chi connectivity index (χ2v) is 12.6. The van der Waals surface area contributed by atoms with E-state index in [9.17, 15) is 8.42 Å². The van der Waals surface area contributed by atoms with Gasteiger partial charge in [0.2, 0.25) is 24.4 Å². The van der Waals surface area contributed by atoms with Crippen molar-refractivity contribution in [3.05, 3.63) is 109 Å². The van der Waals surface area contributed by atoms with Crippen LogP contribution in [0, 0.1) is 0 Å². The van der Waals surface area contributed by atoms with Gasteiger partial charge in [0.1, 0.15) is 12.3 Å². The predicted molar refractivity (Wildman–Crippen MR) is 169 cm³/mol. The molecule has 1 N–H and O–H groups in total. The monoisotopic (exact) mass is 634 g/mol. The van der Waals surface area contributed by atoms with Crippen LogP contribution in [-0.4, -0.2) is 37.3 Å². The van der Waals surface area contributed by atoms with E-state index in [4.69, 9.17) is 18.9 Å². The molecule has 8 rings (SSSR count). The molecule has 0 spiro atoms. The van der Waals surface area contributed by atoms with Gasteiger partial charge in [-0.3, -0.25) is 4.72 Å². The van der Waals surface area contributed by atoms with E-state index in [-0.39, 0.29) is 18.3 Å². The number of aromatic nitrogens is 4. The highest BCUT2D eigenvalue weighted by atomic mass is 32.2. The molecule has 0 radical (unpaired) electrons. The minimum atomic E-state index is -3.74. The number of anilines is 1. The number of hydrogen-bond acceptors (Lipinski definition) is 8. The largest absolute Gasteiger partial charge is 0.493 e. The maximum absolute atomic E-state index is 12.8. The third kappa shape index (κ3) is 4.92. The zero-order valence-corrected chi connectivity index (χ0v) is 25.5. The number of hydrogen-bond donors (Lipinski definition) is 1. The lowest BCUT2D eigenvalue weighted by Gasteiger charge is -2.20. The van der Waals surface area contributed by atoms with Crippen molar-refractivity contribution in [2.45, 2.75) is 24.5 Å².